The van der Waals surface area contributed by atoms with Gasteiger partial charge in [-0.05, 0) is 17.6 Å². The third kappa shape index (κ3) is 5.33. The number of carbonyl (C=O) groups is 1. The molecule has 1 unspecified atom stereocenters. The molecule has 0 saturated heterocycles. The minimum absolute atomic E-state index is 0.173. The Hall–Kier alpha value is -0.930. The third-order valence-corrected chi connectivity index (χ3v) is 1.81. The van der Waals surface area contributed by atoms with E-state index in [1.165, 1.54) is 0 Å². The summed E-state index contributed by atoms with van der Waals surface area (Å²) in [4.78, 5) is 14.2. The number of aliphatic imine (C=N–C) groups is 1. The van der Waals surface area contributed by atoms with Crippen molar-refractivity contribution in [2.24, 2.45) is 10.4 Å². The minimum Gasteiger partial charge on any atom is -0.465 e. The molecule has 0 spiro atoms. The van der Waals surface area contributed by atoms with Crippen molar-refractivity contribution in [2.45, 2.75) is 26.8 Å². The maximum atomic E-state index is 10.4. The number of isothiocyanates is 1. The first-order valence-electron chi connectivity index (χ1n) is 3.91. The number of rotatable bonds is 3. The second-order valence-corrected chi connectivity index (χ2v) is 3.98. The van der Waals surface area contributed by atoms with E-state index in [0.717, 1.165) is 0 Å². The second-order valence-electron chi connectivity index (χ2n) is 3.80. The fourth-order valence-corrected chi connectivity index (χ4v) is 0.888. The van der Waals surface area contributed by atoms with Crippen molar-refractivity contribution < 1.29 is 9.90 Å². The van der Waals surface area contributed by atoms with Crippen LogP contribution in [0.3, 0.4) is 0 Å². The van der Waals surface area contributed by atoms with Crippen LogP contribution in [0.4, 0.5) is 4.79 Å². The van der Waals surface area contributed by atoms with Crippen LogP contribution in [-0.2, 0) is 0 Å². The summed E-state index contributed by atoms with van der Waals surface area (Å²) in [6, 6.07) is -0.236. The van der Waals surface area contributed by atoms with Crippen molar-refractivity contribution in [1.29, 1.82) is 0 Å². The molecule has 74 valence electrons. The first kappa shape index (κ1) is 12.1. The van der Waals surface area contributed by atoms with Crippen LogP contribution in [0, 0.1) is 5.41 Å². The molecular weight excluding hydrogens is 188 g/mol. The Labute approximate surface area is 83.1 Å². The van der Waals surface area contributed by atoms with E-state index in [1.54, 1.807) is 0 Å². The van der Waals surface area contributed by atoms with Crippen molar-refractivity contribution in [1.82, 2.24) is 5.32 Å². The Morgan fingerprint density at radius 1 is 1.69 bits per heavy atom. The zero-order chi connectivity index (χ0) is 10.5. The Bertz CT molecular complexity index is 225. The summed E-state index contributed by atoms with van der Waals surface area (Å²) in [5, 5.41) is 13.2. The highest BCUT2D eigenvalue weighted by Crippen LogP contribution is 2.19. The molecule has 0 bridgehead atoms. The Balaban J connectivity index is 4.36. The number of nitrogens with one attached hydrogen (secondary N) is 1. The first-order chi connectivity index (χ1) is 5.88. The molecule has 0 radical (unpaired) electrons. The van der Waals surface area contributed by atoms with Gasteiger partial charge in [-0.2, -0.15) is 0 Å². The summed E-state index contributed by atoms with van der Waals surface area (Å²) < 4.78 is 0. The predicted molar refractivity (Wildman–Crippen MR) is 54.3 cm³/mol. The molecule has 4 nitrogen and oxygen atoms in total. The average Bonchev–Trinajstić information content (AvgIpc) is 1.95. The molecule has 0 aliphatic rings. The maximum Gasteiger partial charge on any atom is 0.404 e. The second kappa shape index (κ2) is 4.94. The SMILES string of the molecule is CC(C)(C)C(CN=C=S)NC(=O)O. The average molecular weight is 202 g/mol. The lowest BCUT2D eigenvalue weighted by Crippen LogP contribution is -2.45. The maximum absolute atomic E-state index is 10.4. The lowest BCUT2D eigenvalue weighted by molar-refractivity contribution is 0.176. The summed E-state index contributed by atoms with van der Waals surface area (Å²) in [6.45, 7) is 6.14. The van der Waals surface area contributed by atoms with Gasteiger partial charge in [0.25, 0.3) is 0 Å². The van der Waals surface area contributed by atoms with Gasteiger partial charge in [0.05, 0.1) is 17.7 Å². The molecule has 0 aliphatic carbocycles. The number of amides is 1. The standard InChI is InChI=1S/C8H14N2O2S/c1-8(2,3)6(4-9-5-13)10-7(11)12/h6,10H,4H2,1-3H3,(H,11,12). The van der Waals surface area contributed by atoms with E-state index in [2.05, 4.69) is 27.7 Å². The predicted octanol–water partition coefficient (Wildman–Crippen LogP) is 1.77. The van der Waals surface area contributed by atoms with Crippen LogP contribution < -0.4 is 5.32 Å². The number of hydrogen-bond acceptors (Lipinski definition) is 3. The van der Waals surface area contributed by atoms with Crippen LogP contribution in [0.1, 0.15) is 20.8 Å². The van der Waals surface area contributed by atoms with Crippen molar-refractivity contribution >= 4 is 23.5 Å². The first-order valence-corrected chi connectivity index (χ1v) is 4.32. The van der Waals surface area contributed by atoms with Crippen molar-refractivity contribution in [3.05, 3.63) is 0 Å². The van der Waals surface area contributed by atoms with Crippen LogP contribution >= 0.6 is 12.2 Å². The summed E-state index contributed by atoms with van der Waals surface area (Å²) in [5.74, 6) is 0. The Morgan fingerprint density at radius 3 is 2.54 bits per heavy atom. The van der Waals surface area contributed by atoms with Crippen LogP contribution in [0.15, 0.2) is 4.99 Å². The van der Waals surface area contributed by atoms with E-state index in [-0.39, 0.29) is 11.5 Å². The summed E-state index contributed by atoms with van der Waals surface area (Å²) in [6.07, 6.45) is -1.04. The molecule has 13 heavy (non-hydrogen) atoms. The number of thiocarbonyl (C=S) groups is 1. The zero-order valence-corrected chi connectivity index (χ0v) is 8.81. The van der Waals surface area contributed by atoms with E-state index in [9.17, 15) is 4.79 Å². The number of hydrogen-bond donors (Lipinski definition) is 2. The fourth-order valence-electron chi connectivity index (χ4n) is 0.814. The Morgan fingerprint density at radius 2 is 2.23 bits per heavy atom. The van der Waals surface area contributed by atoms with Gasteiger partial charge in [0, 0.05) is 0 Å². The third-order valence-electron chi connectivity index (χ3n) is 1.68. The van der Waals surface area contributed by atoms with Crippen LogP contribution in [0.2, 0.25) is 0 Å². The molecule has 1 amide bonds. The minimum atomic E-state index is -1.04. The highest BCUT2D eigenvalue weighted by Gasteiger charge is 2.25. The van der Waals surface area contributed by atoms with Gasteiger partial charge in [-0.1, -0.05) is 20.8 Å². The number of nitrogens with zero attached hydrogens (tertiary/aromatic N) is 1. The summed E-state index contributed by atoms with van der Waals surface area (Å²) >= 11 is 4.42. The van der Waals surface area contributed by atoms with Gasteiger partial charge in [0.15, 0.2) is 0 Å². The molecule has 1 atom stereocenters. The molecule has 0 heterocycles. The van der Waals surface area contributed by atoms with Gasteiger partial charge in [0.2, 0.25) is 0 Å². The lowest BCUT2D eigenvalue weighted by Gasteiger charge is -2.28. The molecular formula is C8H14N2O2S. The van der Waals surface area contributed by atoms with E-state index in [1.807, 2.05) is 20.8 Å². The van der Waals surface area contributed by atoms with E-state index >= 15 is 0 Å². The zero-order valence-electron chi connectivity index (χ0n) is 8.00. The van der Waals surface area contributed by atoms with Crippen molar-refractivity contribution in [3.8, 4) is 0 Å². The van der Waals surface area contributed by atoms with E-state index in [4.69, 9.17) is 5.11 Å². The van der Waals surface area contributed by atoms with Crippen molar-refractivity contribution in [3.63, 3.8) is 0 Å². The Kier molecular flexibility index (Phi) is 4.59. The topological polar surface area (TPSA) is 61.7 Å². The van der Waals surface area contributed by atoms with Crippen LogP contribution in [0.25, 0.3) is 0 Å². The molecule has 5 heteroatoms. The molecule has 0 aromatic rings. The lowest BCUT2D eigenvalue weighted by atomic mass is 9.87. The highest BCUT2D eigenvalue weighted by atomic mass is 32.1. The fraction of sp³-hybridized carbons (Fsp3) is 0.750. The summed E-state index contributed by atoms with van der Waals surface area (Å²) in [7, 11) is 0. The summed E-state index contributed by atoms with van der Waals surface area (Å²) in [5.41, 5.74) is -0.173. The molecule has 0 rings (SSSR count). The molecule has 0 aromatic carbocycles. The van der Waals surface area contributed by atoms with Gasteiger partial charge in [-0.3, -0.25) is 0 Å². The monoisotopic (exact) mass is 202 g/mol. The largest absolute Gasteiger partial charge is 0.465 e. The normalized spacial score (nSPS) is 12.8. The molecule has 2 N–H and O–H groups in total. The van der Waals surface area contributed by atoms with E-state index in [0.29, 0.717) is 6.54 Å². The molecule has 0 fully saturated rings. The smallest absolute Gasteiger partial charge is 0.404 e. The molecule has 0 saturated carbocycles. The van der Waals surface area contributed by atoms with Gasteiger partial charge < -0.3 is 10.4 Å². The van der Waals surface area contributed by atoms with Gasteiger partial charge in [-0.25, -0.2) is 9.79 Å². The van der Waals surface area contributed by atoms with Crippen LogP contribution in [-0.4, -0.2) is 28.9 Å². The van der Waals surface area contributed by atoms with Crippen LogP contribution in [0.5, 0.6) is 0 Å². The van der Waals surface area contributed by atoms with Crippen molar-refractivity contribution in [2.75, 3.05) is 6.54 Å². The highest BCUT2D eigenvalue weighted by molar-refractivity contribution is 7.78. The van der Waals surface area contributed by atoms with Gasteiger partial charge >= 0.3 is 6.09 Å². The number of carboxylic acid groups (broad SMARTS) is 1. The molecule has 0 aliphatic heterocycles. The van der Waals surface area contributed by atoms with Gasteiger partial charge in [0.1, 0.15) is 0 Å². The van der Waals surface area contributed by atoms with Gasteiger partial charge in [-0.15, -0.1) is 0 Å². The van der Waals surface area contributed by atoms with E-state index < -0.39 is 6.09 Å². The quantitative estimate of drug-likeness (QED) is 0.541. The molecule has 0 aromatic heterocycles.